The average molecular weight is 578 g/mol. The molecule has 6 heteroatoms. The Morgan fingerprint density at radius 1 is 0.854 bits per heavy atom. The van der Waals surface area contributed by atoms with Gasteiger partial charge in [-0.2, -0.15) is 0 Å². The molecule has 0 spiro atoms. The van der Waals surface area contributed by atoms with E-state index in [4.69, 9.17) is 4.74 Å². The van der Waals surface area contributed by atoms with E-state index >= 15 is 0 Å². The van der Waals surface area contributed by atoms with Gasteiger partial charge in [0.2, 0.25) is 0 Å². The van der Waals surface area contributed by atoms with Crippen LogP contribution in [0.5, 0.6) is 0 Å². The van der Waals surface area contributed by atoms with E-state index in [-0.39, 0.29) is 6.54 Å². The van der Waals surface area contributed by atoms with Crippen LogP contribution in [-0.2, 0) is 23.9 Å². The third-order valence-corrected chi connectivity index (χ3v) is 11.2. The molecule has 1 N–H and O–H groups in total. The number of ether oxygens (including phenoxy) is 2. The Bertz CT molecular complexity index is 907. The normalized spacial score (nSPS) is 36.1. The quantitative estimate of drug-likeness (QED) is 0.336. The molecule has 8 unspecified atom stereocenters. The molecule has 0 aromatic heterocycles. The van der Waals surface area contributed by atoms with E-state index in [1.54, 1.807) is 34.6 Å². The molecule has 0 aliphatic heterocycles. The van der Waals surface area contributed by atoms with Crippen molar-refractivity contribution in [3.05, 3.63) is 0 Å². The summed E-state index contributed by atoms with van der Waals surface area (Å²) in [4.78, 5) is 34.9. The molecule has 4 rings (SSSR count). The first-order chi connectivity index (χ1) is 18.9. The van der Waals surface area contributed by atoms with Crippen LogP contribution in [-0.4, -0.2) is 42.5 Å². The highest BCUT2D eigenvalue weighted by atomic mass is 16.6. The summed E-state index contributed by atoms with van der Waals surface area (Å²) in [6.07, 6.45) is 12.6. The summed E-state index contributed by atoms with van der Waals surface area (Å²) >= 11 is 0. The van der Waals surface area contributed by atoms with Crippen LogP contribution in [0.2, 0.25) is 0 Å². The van der Waals surface area contributed by atoms with Gasteiger partial charge in [0, 0.05) is 5.92 Å². The second-order valence-corrected chi connectivity index (χ2v) is 15.4. The third-order valence-electron chi connectivity index (χ3n) is 11.2. The predicted molar refractivity (Wildman–Crippen MR) is 166 cm³/mol. The first-order valence-corrected chi connectivity index (χ1v) is 16.5. The Kier molecular flexibility index (Phi) is 12.1. The van der Waals surface area contributed by atoms with Gasteiger partial charge in [0.1, 0.15) is 16.9 Å². The number of fused-ring (bicyclic) bond motifs is 5. The van der Waals surface area contributed by atoms with Gasteiger partial charge in [-0.1, -0.05) is 41.0 Å². The summed E-state index contributed by atoms with van der Waals surface area (Å²) in [6, 6.07) is 0. The molecule has 238 valence electrons. The van der Waals surface area contributed by atoms with Gasteiger partial charge >= 0.3 is 11.9 Å². The van der Waals surface area contributed by atoms with E-state index in [1.165, 1.54) is 64.9 Å². The number of esters is 2. The van der Waals surface area contributed by atoms with Crippen LogP contribution in [0.15, 0.2) is 0 Å². The molecular formula is C35H63NO5. The van der Waals surface area contributed by atoms with E-state index in [0.717, 1.165) is 29.6 Å². The largest absolute Gasteiger partial charge is 0.468 e. The zero-order chi connectivity index (χ0) is 31.4. The van der Waals surface area contributed by atoms with Crippen LogP contribution in [0, 0.1) is 46.3 Å². The maximum atomic E-state index is 12.2. The van der Waals surface area contributed by atoms with E-state index in [1.807, 2.05) is 20.8 Å². The minimum absolute atomic E-state index is 0.0251. The van der Waals surface area contributed by atoms with Crippen molar-refractivity contribution in [2.45, 2.75) is 145 Å². The monoisotopic (exact) mass is 577 g/mol. The van der Waals surface area contributed by atoms with Crippen LogP contribution in [0.1, 0.15) is 134 Å². The number of rotatable bonds is 5. The topological polar surface area (TPSA) is 81.7 Å². The lowest BCUT2D eigenvalue weighted by Crippen LogP contribution is -2.53. The smallest absolute Gasteiger partial charge is 0.326 e. The van der Waals surface area contributed by atoms with Gasteiger partial charge in [-0.05, 0) is 133 Å². The number of ketones is 1. The van der Waals surface area contributed by atoms with E-state index in [2.05, 4.69) is 30.8 Å². The number of nitrogens with one attached hydrogen (secondary N) is 1. The van der Waals surface area contributed by atoms with Crippen LogP contribution < -0.4 is 5.32 Å². The Labute approximate surface area is 251 Å². The van der Waals surface area contributed by atoms with Crippen LogP contribution in [0.25, 0.3) is 0 Å². The Balaban J connectivity index is 0.000000290. The Hall–Kier alpha value is -1.43. The third kappa shape index (κ3) is 8.15. The van der Waals surface area contributed by atoms with E-state index in [0.29, 0.717) is 22.5 Å². The lowest BCUT2D eigenvalue weighted by molar-refractivity contribution is -0.162. The molecule has 0 heterocycles. The molecule has 4 aliphatic rings. The molecular weight excluding hydrogens is 514 g/mol. The van der Waals surface area contributed by atoms with Crippen molar-refractivity contribution in [3.8, 4) is 0 Å². The fraction of sp³-hybridized carbons (Fsp3) is 0.914. The molecule has 0 bridgehead atoms. The van der Waals surface area contributed by atoms with Crippen molar-refractivity contribution in [1.29, 1.82) is 0 Å². The van der Waals surface area contributed by atoms with Gasteiger partial charge in [0.15, 0.2) is 0 Å². The predicted octanol–water partition coefficient (Wildman–Crippen LogP) is 7.77. The molecule has 0 saturated heterocycles. The zero-order valence-electron chi connectivity index (χ0n) is 28.6. The van der Waals surface area contributed by atoms with Crippen molar-refractivity contribution in [3.63, 3.8) is 0 Å². The summed E-state index contributed by atoms with van der Waals surface area (Å²) < 4.78 is 9.69. The van der Waals surface area contributed by atoms with Crippen molar-refractivity contribution in [1.82, 2.24) is 5.32 Å². The van der Waals surface area contributed by atoms with Gasteiger partial charge in [0.05, 0.1) is 13.7 Å². The van der Waals surface area contributed by atoms with E-state index in [9.17, 15) is 14.4 Å². The average Bonchev–Trinajstić information content (AvgIpc) is 3.26. The zero-order valence-corrected chi connectivity index (χ0v) is 28.6. The first-order valence-electron chi connectivity index (χ1n) is 16.5. The summed E-state index contributed by atoms with van der Waals surface area (Å²) in [5.74, 6) is 4.68. The molecule has 0 aromatic carbocycles. The number of carbonyl (C=O) groups is 3. The highest BCUT2D eigenvalue weighted by Gasteiger charge is 2.60. The molecule has 41 heavy (non-hydrogen) atoms. The van der Waals surface area contributed by atoms with E-state index < -0.39 is 23.1 Å². The van der Waals surface area contributed by atoms with Gasteiger partial charge in [0.25, 0.3) is 0 Å². The van der Waals surface area contributed by atoms with Crippen molar-refractivity contribution < 1.29 is 23.9 Å². The molecule has 0 aromatic rings. The molecule has 0 amide bonds. The molecule has 8 atom stereocenters. The first kappa shape index (κ1) is 35.8. The fourth-order valence-corrected chi connectivity index (χ4v) is 8.98. The molecule has 4 saturated carbocycles. The SMILES string of the molecule is CC.CC(=O)C1CCC2C3CCC4CC(C)CCC4(C)C3CCC12C.COC(=O)CNC(C)(C)C(=O)OC(C)(C)C. The standard InChI is InChI=1S/C22H36O.C11H21NO4.C2H6/c1-14-9-11-21(3)16(13-14)5-6-17-19-8-7-18(15(2)23)22(19,4)12-10-20(17)21;1-10(2,3)16-9(14)11(4,5)12-7-8(13)15-6;1-2/h14,16-20H,5-13H2,1-4H3;12H,7H2,1-6H3;1-2H3. The van der Waals surface area contributed by atoms with Gasteiger partial charge in [-0.25, -0.2) is 0 Å². The van der Waals surface area contributed by atoms with Crippen molar-refractivity contribution >= 4 is 17.7 Å². The molecule has 0 radical (unpaired) electrons. The summed E-state index contributed by atoms with van der Waals surface area (Å²) in [5.41, 5.74) is -0.508. The number of Topliss-reactive ketones (excluding diaryl/α,β-unsaturated/α-hetero) is 1. The van der Waals surface area contributed by atoms with Crippen LogP contribution >= 0.6 is 0 Å². The van der Waals surface area contributed by atoms with Crippen LogP contribution in [0.3, 0.4) is 0 Å². The minimum atomic E-state index is -0.915. The number of methoxy groups -OCH3 is 1. The van der Waals surface area contributed by atoms with Gasteiger partial charge < -0.3 is 9.47 Å². The van der Waals surface area contributed by atoms with Gasteiger partial charge in [-0.15, -0.1) is 0 Å². The summed E-state index contributed by atoms with van der Waals surface area (Å²) in [7, 11) is 1.30. The van der Waals surface area contributed by atoms with Crippen molar-refractivity contribution in [2.24, 2.45) is 46.3 Å². The maximum absolute atomic E-state index is 12.2. The fourth-order valence-electron chi connectivity index (χ4n) is 8.98. The van der Waals surface area contributed by atoms with Crippen LogP contribution in [0.4, 0.5) is 0 Å². The highest BCUT2D eigenvalue weighted by Crippen LogP contribution is 2.67. The number of hydrogen-bond donors (Lipinski definition) is 1. The van der Waals surface area contributed by atoms with Gasteiger partial charge in [-0.3, -0.25) is 19.7 Å². The van der Waals surface area contributed by atoms with Crippen molar-refractivity contribution in [2.75, 3.05) is 13.7 Å². The Morgan fingerprint density at radius 2 is 1.44 bits per heavy atom. The summed E-state index contributed by atoms with van der Waals surface area (Å²) in [5, 5.41) is 2.78. The second kappa shape index (κ2) is 13.9. The lowest BCUT2D eigenvalue weighted by atomic mass is 9.44. The second-order valence-electron chi connectivity index (χ2n) is 15.4. The molecule has 4 fully saturated rings. The molecule has 6 nitrogen and oxygen atoms in total. The molecule has 4 aliphatic carbocycles. The minimum Gasteiger partial charge on any atom is -0.468 e. The lowest BCUT2D eigenvalue weighted by Gasteiger charge is -2.61. The number of carbonyl (C=O) groups excluding carboxylic acids is 3. The Morgan fingerprint density at radius 3 is 2.00 bits per heavy atom. The maximum Gasteiger partial charge on any atom is 0.326 e. The number of hydrogen-bond acceptors (Lipinski definition) is 6. The highest BCUT2D eigenvalue weighted by molar-refractivity contribution is 5.81. The summed E-state index contributed by atoms with van der Waals surface area (Å²) in [6.45, 7) is 22.1.